The summed E-state index contributed by atoms with van der Waals surface area (Å²) in [5.41, 5.74) is 0.274. The maximum Gasteiger partial charge on any atom is 0.439 e. The van der Waals surface area contributed by atoms with Gasteiger partial charge >= 0.3 is 18.0 Å². The summed E-state index contributed by atoms with van der Waals surface area (Å²) >= 11 is 0.587. The number of hydrogen-bond donors (Lipinski definition) is 3. The number of furan rings is 1. The third-order valence-corrected chi connectivity index (χ3v) is 5.82. The second kappa shape index (κ2) is 7.52. The van der Waals surface area contributed by atoms with Crippen LogP contribution >= 0.6 is 11.3 Å². The third kappa shape index (κ3) is 3.73. The highest BCUT2D eigenvalue weighted by molar-refractivity contribution is 7.16. The Bertz CT molecular complexity index is 935. The van der Waals surface area contributed by atoms with Crippen LogP contribution in [0.2, 0.25) is 0 Å². The smallest absolute Gasteiger partial charge is 0.439 e. The number of fused-ring (bicyclic) bond motifs is 1. The monoisotopic (exact) mass is 455 g/mol. The first-order chi connectivity index (χ1) is 13.9. The largest absolute Gasteiger partial charge is 0.459 e. The number of carbonyl (C=O) groups is 2. The summed E-state index contributed by atoms with van der Waals surface area (Å²) in [5, 5.41) is 1.63. The number of anilines is 1. The van der Waals surface area contributed by atoms with Gasteiger partial charge in [0.15, 0.2) is 5.76 Å². The van der Waals surface area contributed by atoms with Crippen LogP contribution in [-0.2, 0) is 12.8 Å². The van der Waals surface area contributed by atoms with Gasteiger partial charge in [-0.25, -0.2) is 0 Å². The maximum atomic E-state index is 13.8. The standard InChI is InChI=1S/C17H15F6N3O3S/c18-16(19,20)15(17(21,22)23,25-13(28)9-5-3-7-29-9)26-14-11(12(24)27)8-4-1-2-6-10(8)30-14/h3,5,7,26H,1-2,4,6H2,(H2,24,27)(H,25,28). The molecule has 13 heteroatoms. The fourth-order valence-corrected chi connectivity index (χ4v) is 4.55. The minimum Gasteiger partial charge on any atom is -0.459 e. The van der Waals surface area contributed by atoms with Gasteiger partial charge in [0.25, 0.3) is 11.8 Å². The summed E-state index contributed by atoms with van der Waals surface area (Å²) in [4.78, 5) is 24.4. The van der Waals surface area contributed by atoms with Gasteiger partial charge in [0.2, 0.25) is 0 Å². The van der Waals surface area contributed by atoms with Gasteiger partial charge in [0, 0.05) is 4.88 Å². The van der Waals surface area contributed by atoms with E-state index in [1.807, 2.05) is 0 Å². The molecule has 2 heterocycles. The Morgan fingerprint density at radius 1 is 1.07 bits per heavy atom. The average Bonchev–Trinajstić information content (AvgIpc) is 3.26. The number of primary amides is 1. The number of thiophene rings is 1. The predicted octanol–water partition coefficient (Wildman–Crippen LogP) is 3.98. The lowest BCUT2D eigenvalue weighted by molar-refractivity contribution is -0.294. The Balaban J connectivity index is 2.13. The number of hydrogen-bond acceptors (Lipinski definition) is 5. The second-order valence-electron chi connectivity index (χ2n) is 6.58. The molecule has 0 atom stereocenters. The summed E-state index contributed by atoms with van der Waals surface area (Å²) < 4.78 is 87.6. The molecule has 0 spiro atoms. The fraction of sp³-hybridized carbons (Fsp3) is 0.412. The first-order valence-electron chi connectivity index (χ1n) is 8.59. The fourth-order valence-electron chi connectivity index (χ4n) is 3.20. The number of carbonyl (C=O) groups excluding carboxylic acids is 2. The average molecular weight is 455 g/mol. The van der Waals surface area contributed by atoms with Gasteiger partial charge in [-0.15, -0.1) is 11.3 Å². The van der Waals surface area contributed by atoms with Crippen molar-refractivity contribution in [3.05, 3.63) is 40.2 Å². The van der Waals surface area contributed by atoms with E-state index in [0.29, 0.717) is 47.5 Å². The van der Waals surface area contributed by atoms with Crippen molar-refractivity contribution in [1.82, 2.24) is 5.32 Å². The van der Waals surface area contributed by atoms with E-state index in [4.69, 9.17) is 5.73 Å². The summed E-state index contributed by atoms with van der Waals surface area (Å²) in [7, 11) is 0. The topological polar surface area (TPSA) is 97.4 Å². The molecule has 2 amide bonds. The third-order valence-electron chi connectivity index (χ3n) is 4.62. The lowest BCUT2D eigenvalue weighted by atomic mass is 9.95. The second-order valence-corrected chi connectivity index (χ2v) is 7.69. The molecule has 1 aliphatic carbocycles. The first-order valence-corrected chi connectivity index (χ1v) is 9.41. The molecule has 2 aromatic heterocycles. The molecule has 0 unspecified atom stereocenters. The van der Waals surface area contributed by atoms with Crippen LogP contribution in [-0.4, -0.2) is 29.8 Å². The van der Waals surface area contributed by atoms with Gasteiger partial charge < -0.3 is 20.8 Å². The van der Waals surface area contributed by atoms with Crippen LogP contribution in [0, 0.1) is 0 Å². The normalized spacial score (nSPS) is 14.9. The predicted molar refractivity (Wildman–Crippen MR) is 94.1 cm³/mol. The molecular formula is C17H15F6N3O3S. The van der Waals surface area contributed by atoms with Crippen LogP contribution < -0.4 is 16.4 Å². The highest BCUT2D eigenvalue weighted by Crippen LogP contribution is 2.47. The van der Waals surface area contributed by atoms with Crippen LogP contribution in [0.3, 0.4) is 0 Å². The van der Waals surface area contributed by atoms with Crippen molar-refractivity contribution in [2.24, 2.45) is 5.73 Å². The molecule has 2 aromatic rings. The van der Waals surface area contributed by atoms with E-state index in [0.717, 1.165) is 23.7 Å². The quantitative estimate of drug-likeness (QED) is 0.469. The molecular weight excluding hydrogens is 440 g/mol. The molecule has 0 aliphatic heterocycles. The van der Waals surface area contributed by atoms with Gasteiger partial charge in [-0.1, -0.05) is 0 Å². The molecule has 6 nitrogen and oxygen atoms in total. The molecule has 30 heavy (non-hydrogen) atoms. The molecule has 0 bridgehead atoms. The zero-order chi connectivity index (χ0) is 22.3. The van der Waals surface area contributed by atoms with Crippen molar-refractivity contribution in [2.45, 2.75) is 43.7 Å². The van der Waals surface area contributed by atoms with E-state index in [2.05, 4.69) is 4.42 Å². The summed E-state index contributed by atoms with van der Waals surface area (Å²) in [6.45, 7) is 0. The lowest BCUT2D eigenvalue weighted by Crippen LogP contribution is -2.72. The van der Waals surface area contributed by atoms with E-state index in [-0.39, 0.29) is 0 Å². The molecule has 1 aliphatic rings. The Morgan fingerprint density at radius 2 is 1.70 bits per heavy atom. The number of aryl methyl sites for hydroxylation is 1. The Kier molecular flexibility index (Phi) is 5.52. The minimum absolute atomic E-state index is 0.301. The summed E-state index contributed by atoms with van der Waals surface area (Å²) in [6.07, 6.45) is -9.17. The molecule has 0 radical (unpaired) electrons. The van der Waals surface area contributed by atoms with Crippen LogP contribution in [0.5, 0.6) is 0 Å². The number of halogens is 6. The maximum absolute atomic E-state index is 13.8. The molecule has 164 valence electrons. The van der Waals surface area contributed by atoms with E-state index in [1.165, 1.54) is 5.32 Å². The van der Waals surface area contributed by atoms with E-state index < -0.39 is 46.2 Å². The number of amides is 2. The Morgan fingerprint density at radius 3 is 2.23 bits per heavy atom. The SMILES string of the molecule is NC(=O)c1c(NC(NC(=O)c2ccco2)(C(F)(F)F)C(F)(F)F)sc2c1CCCC2. The van der Waals surface area contributed by atoms with E-state index in [1.54, 1.807) is 0 Å². The highest BCUT2D eigenvalue weighted by atomic mass is 32.1. The van der Waals surface area contributed by atoms with Crippen LogP contribution in [0.1, 0.15) is 44.2 Å². The van der Waals surface area contributed by atoms with Crippen molar-refractivity contribution < 1.29 is 40.3 Å². The van der Waals surface area contributed by atoms with Crippen molar-refractivity contribution in [3.63, 3.8) is 0 Å². The van der Waals surface area contributed by atoms with E-state index in [9.17, 15) is 35.9 Å². The molecule has 0 fully saturated rings. The van der Waals surface area contributed by atoms with Crippen LogP contribution in [0.15, 0.2) is 22.8 Å². The molecule has 4 N–H and O–H groups in total. The van der Waals surface area contributed by atoms with Crippen LogP contribution in [0.4, 0.5) is 31.3 Å². The van der Waals surface area contributed by atoms with Gasteiger partial charge in [0.1, 0.15) is 5.00 Å². The number of nitrogens with one attached hydrogen (secondary N) is 2. The zero-order valence-corrected chi connectivity index (χ0v) is 15.9. The summed E-state index contributed by atoms with van der Waals surface area (Å²) in [6, 6.07) is 2.04. The van der Waals surface area contributed by atoms with Gasteiger partial charge in [-0.2, -0.15) is 26.3 Å². The van der Waals surface area contributed by atoms with Crippen molar-refractivity contribution >= 4 is 28.2 Å². The lowest BCUT2D eigenvalue weighted by Gasteiger charge is -2.38. The minimum atomic E-state index is -6.03. The molecule has 0 saturated heterocycles. The highest BCUT2D eigenvalue weighted by Gasteiger charge is 2.73. The number of nitrogens with two attached hydrogens (primary N) is 1. The number of alkyl halides is 6. The van der Waals surface area contributed by atoms with Gasteiger partial charge in [0.05, 0.1) is 11.8 Å². The van der Waals surface area contributed by atoms with Crippen molar-refractivity contribution in [2.75, 3.05) is 5.32 Å². The number of rotatable bonds is 5. The van der Waals surface area contributed by atoms with Crippen molar-refractivity contribution in [3.8, 4) is 0 Å². The van der Waals surface area contributed by atoms with Gasteiger partial charge in [-0.3, -0.25) is 9.59 Å². The molecule has 0 aromatic carbocycles. The Hall–Kier alpha value is -2.70. The van der Waals surface area contributed by atoms with Gasteiger partial charge in [-0.05, 0) is 43.4 Å². The zero-order valence-electron chi connectivity index (χ0n) is 15.0. The first kappa shape index (κ1) is 22.0. The molecule has 0 saturated carbocycles. The van der Waals surface area contributed by atoms with Crippen molar-refractivity contribution in [1.29, 1.82) is 0 Å². The Labute approximate surface area is 169 Å². The summed E-state index contributed by atoms with van der Waals surface area (Å²) in [5.74, 6) is -3.66. The van der Waals surface area contributed by atoms with Crippen LogP contribution in [0.25, 0.3) is 0 Å². The molecule has 3 rings (SSSR count). The van der Waals surface area contributed by atoms with E-state index >= 15 is 0 Å².